The Morgan fingerprint density at radius 2 is 1.15 bits per heavy atom. The number of hydrogen-bond acceptors (Lipinski definition) is 13. The number of nitrogens with one attached hydrogen (secondary N) is 1. The number of thioether (sulfide) groups is 2. The molecule has 7 aromatic rings. The topological polar surface area (TPSA) is 179 Å². The van der Waals surface area contributed by atoms with Gasteiger partial charge in [0, 0.05) is 82.9 Å². The first-order valence-electron chi connectivity index (χ1n) is 29.3. The van der Waals surface area contributed by atoms with Gasteiger partial charge in [-0.15, -0.1) is 23.5 Å². The van der Waals surface area contributed by atoms with E-state index in [9.17, 15) is 47.0 Å². The highest BCUT2D eigenvalue weighted by Crippen LogP contribution is 2.47. The number of hydrogen-bond donors (Lipinski definition) is 2. The molecule has 0 spiro atoms. The molecule has 10 heterocycles. The number of piperazine rings is 2. The fourth-order valence-corrected chi connectivity index (χ4v) is 15.3. The number of aliphatic hydroxyl groups excluding tert-OH is 1. The summed E-state index contributed by atoms with van der Waals surface area (Å²) in [7, 11) is 0. The molecule has 0 bridgehead atoms. The van der Waals surface area contributed by atoms with E-state index in [-0.39, 0.29) is 120 Å². The molecule has 4 saturated heterocycles. The molecule has 15 rings (SSSR count). The second-order valence-corrected chi connectivity index (χ2v) is 24.7. The molecule has 0 saturated carbocycles. The van der Waals surface area contributed by atoms with Crippen LogP contribution in [0.2, 0.25) is 0 Å². The maximum absolute atomic E-state index is 15.5. The van der Waals surface area contributed by atoms with E-state index >= 15 is 4.39 Å². The average Bonchev–Trinajstić information content (AvgIpc) is 1.65. The van der Waals surface area contributed by atoms with Gasteiger partial charge in [0.2, 0.25) is 22.7 Å². The van der Waals surface area contributed by atoms with E-state index in [4.69, 9.17) is 9.47 Å². The zero-order valence-electron chi connectivity index (χ0n) is 48.2. The minimum atomic E-state index is -0.932. The van der Waals surface area contributed by atoms with Crippen molar-refractivity contribution in [1.82, 2.24) is 29.0 Å². The highest BCUT2D eigenvalue weighted by molar-refractivity contribution is 7.98. The van der Waals surface area contributed by atoms with Crippen LogP contribution in [0.4, 0.5) is 17.6 Å². The van der Waals surface area contributed by atoms with Crippen LogP contribution in [0.15, 0.2) is 147 Å². The monoisotopic (exact) mass is 1270 g/mol. The second-order valence-electron chi connectivity index (χ2n) is 22.6. The summed E-state index contributed by atoms with van der Waals surface area (Å²) < 4.78 is 72.1. The number of ether oxygens (including phenoxy) is 2. The Kier molecular flexibility index (Phi) is 17.4. The van der Waals surface area contributed by atoms with Gasteiger partial charge in [0.1, 0.15) is 25.0 Å². The number of unbranched alkanes of at least 4 members (excludes halogenated alkanes) is 1. The van der Waals surface area contributed by atoms with Crippen LogP contribution >= 0.6 is 37.0 Å². The number of amides is 4. The van der Waals surface area contributed by atoms with Gasteiger partial charge in [0.25, 0.3) is 11.8 Å². The van der Waals surface area contributed by atoms with Gasteiger partial charge in [0.15, 0.2) is 46.2 Å². The molecule has 24 heteroatoms. The Morgan fingerprint density at radius 3 is 1.82 bits per heavy atom. The minimum Gasteiger partial charge on any atom is -0.487 e. The molecule has 2 aromatic heterocycles. The maximum Gasteiger partial charge on any atom is 0.278 e. The number of halogens is 4. The molecule has 0 aliphatic carbocycles. The lowest BCUT2D eigenvalue weighted by molar-refractivity contribution is -0.132. The predicted molar refractivity (Wildman–Crippen MR) is 330 cm³/mol. The van der Waals surface area contributed by atoms with Crippen LogP contribution in [0.5, 0.6) is 11.5 Å². The SMILES string of the molecule is CCCCOc1c2n(ccc1=O)NC1CN3C(=O)CC[C@H]3CN1C2=O.O=C1c2c(OCc3ccccc3)c(=O)ccn2N(C2c3ccccc3SCc3c2ccc(F)c3F)C2CN3C(=O)CC[C@H]3CN12.OC1c2ccccc2SCc2c1ccc(F)c2F.S. The number of benzene rings is 5. The molecule has 4 unspecified atom stereocenters. The molecule has 6 atom stereocenters. The molecule has 2 N–H and O–H groups in total. The lowest BCUT2D eigenvalue weighted by Crippen LogP contribution is -2.70. The van der Waals surface area contributed by atoms with E-state index in [0.717, 1.165) is 57.9 Å². The largest absolute Gasteiger partial charge is 0.487 e. The van der Waals surface area contributed by atoms with Crippen LogP contribution in [-0.2, 0) is 27.7 Å². The van der Waals surface area contributed by atoms with Crippen molar-refractivity contribution in [3.8, 4) is 11.5 Å². The Bertz CT molecular complexity index is 4070. The van der Waals surface area contributed by atoms with Crippen molar-refractivity contribution in [1.29, 1.82) is 0 Å². The van der Waals surface area contributed by atoms with Crippen molar-refractivity contribution in [3.63, 3.8) is 0 Å². The lowest BCUT2D eigenvalue weighted by Gasteiger charge is -2.54. The Morgan fingerprint density at radius 1 is 0.584 bits per heavy atom. The summed E-state index contributed by atoms with van der Waals surface area (Å²) in [5.74, 6) is -3.42. The molecule has 4 fully saturated rings. The highest BCUT2D eigenvalue weighted by atomic mass is 32.2. The number of pyridine rings is 2. The van der Waals surface area contributed by atoms with E-state index in [1.54, 1.807) is 37.6 Å². The van der Waals surface area contributed by atoms with Gasteiger partial charge in [-0.3, -0.25) is 43.1 Å². The molecule has 8 aliphatic rings. The third-order valence-electron chi connectivity index (χ3n) is 17.5. The summed E-state index contributed by atoms with van der Waals surface area (Å²) >= 11 is 2.83. The summed E-state index contributed by atoms with van der Waals surface area (Å²) in [6.45, 7) is 3.98. The molecule has 89 heavy (non-hydrogen) atoms. The number of aliphatic hydroxyl groups is 1. The third-order valence-corrected chi connectivity index (χ3v) is 19.7. The van der Waals surface area contributed by atoms with Gasteiger partial charge in [-0.25, -0.2) is 17.6 Å². The average molecular weight is 1270 g/mol. The Hall–Kier alpha value is -8.19. The molecule has 0 radical (unpaired) electrons. The first-order valence-corrected chi connectivity index (χ1v) is 31.3. The number of carbonyl (C=O) groups is 4. The van der Waals surface area contributed by atoms with E-state index in [2.05, 4.69) is 5.43 Å². The Balaban J connectivity index is 0.000000146. The zero-order valence-corrected chi connectivity index (χ0v) is 50.8. The number of carbonyl (C=O) groups excluding carboxylic acids is 4. The van der Waals surface area contributed by atoms with E-state index in [1.165, 1.54) is 41.7 Å². The number of nitrogens with zero attached hydrogens (tertiary/aromatic N) is 7. The van der Waals surface area contributed by atoms with Crippen LogP contribution in [0.3, 0.4) is 0 Å². The maximum atomic E-state index is 15.5. The van der Waals surface area contributed by atoms with Crippen molar-refractivity contribution < 1.29 is 51.3 Å². The second kappa shape index (κ2) is 25.4. The number of rotatable bonds is 8. The summed E-state index contributed by atoms with van der Waals surface area (Å²) in [5.41, 5.74) is 6.71. The molecule has 462 valence electrons. The number of aromatic nitrogens is 2. The molecule has 8 aliphatic heterocycles. The Labute approximate surface area is 524 Å². The van der Waals surface area contributed by atoms with Crippen molar-refractivity contribution in [2.45, 2.75) is 110 Å². The first-order chi connectivity index (χ1) is 42.7. The van der Waals surface area contributed by atoms with Crippen LogP contribution in [0.25, 0.3) is 0 Å². The number of fused-ring (bicyclic) bond motifs is 10. The molecule has 4 amide bonds. The first kappa shape index (κ1) is 61.1. The fourth-order valence-electron chi connectivity index (χ4n) is 13.0. The molecule has 17 nitrogen and oxygen atoms in total. The fraction of sp³-hybridized carbons (Fsp3) is 0.323. The van der Waals surface area contributed by atoms with Gasteiger partial charge in [-0.2, -0.15) is 13.5 Å². The third kappa shape index (κ3) is 11.2. The van der Waals surface area contributed by atoms with Crippen LogP contribution in [-0.4, -0.2) is 115 Å². The van der Waals surface area contributed by atoms with Gasteiger partial charge in [-0.1, -0.05) is 92.2 Å². The van der Waals surface area contributed by atoms with Crippen LogP contribution < -0.4 is 30.8 Å². The standard InChI is InChI=1S/C34H28F2N4O4S.C17H22N4O4.C14H10F2OS.H2S/c35-25-12-11-22-24(30(25)36)19-45-27-9-5-4-8-23(27)31(22)40-28-17-37-21(10-13-29(37)42)16-38(28)34(43)32-33(26(41)14-15-39(32)40)44-18-20-6-2-1-3-7-20;1-2-3-8-25-16-12(22)6-7-21-15(16)17(24)20-9-11-4-5-14(23)19(11)10-13(20)18-21;15-11-6-5-8-10(13(11)16)7-18-12-4-2-1-3-9(12)14(8)17;/h1-9,11-12,14-15,21,28,31H,10,13,16-19H2;6-7,11,13,18H,2-5,8-10H2,1H3;1-6,14,17H,7H2;1H2/t21-,28?,31?;11-,13?;;/m00../s1. The predicted octanol–water partition coefficient (Wildman–Crippen LogP) is 8.95. The minimum absolute atomic E-state index is 0. The van der Waals surface area contributed by atoms with Crippen molar-refractivity contribution in [2.24, 2.45) is 0 Å². The summed E-state index contributed by atoms with van der Waals surface area (Å²) in [5, 5.41) is 12.2. The van der Waals surface area contributed by atoms with E-state index in [1.807, 2.05) is 101 Å². The summed E-state index contributed by atoms with van der Waals surface area (Å²) in [4.78, 5) is 87.0. The van der Waals surface area contributed by atoms with Gasteiger partial charge >= 0.3 is 0 Å². The summed E-state index contributed by atoms with van der Waals surface area (Å²) in [6.07, 6.45) is 5.35. The van der Waals surface area contributed by atoms with Crippen LogP contribution in [0.1, 0.15) is 118 Å². The smallest absolute Gasteiger partial charge is 0.278 e. The summed E-state index contributed by atoms with van der Waals surface area (Å²) in [6, 6.07) is 31.7. The molecular formula is C65H62F4N8O9S3. The molecular weight excluding hydrogens is 1210 g/mol. The highest BCUT2D eigenvalue weighted by Gasteiger charge is 2.52. The zero-order chi connectivity index (χ0) is 61.1. The van der Waals surface area contributed by atoms with Gasteiger partial charge in [0.05, 0.1) is 37.8 Å². The van der Waals surface area contributed by atoms with Crippen molar-refractivity contribution in [3.05, 3.63) is 222 Å². The van der Waals surface area contributed by atoms with E-state index in [0.29, 0.717) is 55.8 Å². The quantitative estimate of drug-likeness (QED) is 0.109. The normalized spacial score (nSPS) is 21.5. The van der Waals surface area contributed by atoms with Crippen molar-refractivity contribution in [2.75, 3.05) is 43.2 Å². The van der Waals surface area contributed by atoms with Gasteiger partial charge < -0.3 is 39.6 Å². The molecule has 5 aromatic carbocycles. The van der Waals surface area contributed by atoms with Gasteiger partial charge in [-0.05, 0) is 71.3 Å². The van der Waals surface area contributed by atoms with E-state index < -0.39 is 47.0 Å². The van der Waals surface area contributed by atoms with Crippen molar-refractivity contribution >= 4 is 60.6 Å². The lowest BCUT2D eigenvalue weighted by atomic mass is 9.92. The van der Waals surface area contributed by atoms with Crippen LogP contribution in [0, 0.1) is 23.3 Å².